The number of anilines is 1. The molecule has 5 nitrogen and oxygen atoms in total. The highest BCUT2D eigenvalue weighted by atomic mass is 31.2. The summed E-state index contributed by atoms with van der Waals surface area (Å²) in [6.45, 7) is 4.92. The topological polar surface area (TPSA) is 58.6 Å². The van der Waals surface area contributed by atoms with Crippen LogP contribution in [-0.2, 0) is 16.1 Å². The number of carbonyl (C=O) groups is 2. The molecule has 0 radical (unpaired) electrons. The van der Waals surface area contributed by atoms with Gasteiger partial charge in [-0.3, -0.25) is 10.1 Å². The average Bonchev–Trinajstić information content (AvgIpc) is 3.35. The largest absolute Gasteiger partial charge is 0.445 e. The molecular weight excluding hydrogens is 503 g/mol. The first-order valence-electron chi connectivity index (χ1n) is 13.1. The van der Waals surface area contributed by atoms with Crippen molar-refractivity contribution in [1.82, 2.24) is 4.90 Å². The van der Waals surface area contributed by atoms with Gasteiger partial charge in [0.05, 0.1) is 0 Å². The third-order valence-corrected chi connectivity index (χ3v) is 11.9. The number of amides is 2. The normalized spacial score (nSPS) is 15.1. The van der Waals surface area contributed by atoms with E-state index in [4.69, 9.17) is 4.74 Å². The molecule has 4 aromatic carbocycles. The molecule has 1 atom stereocenters. The Morgan fingerprint density at radius 2 is 1.36 bits per heavy atom. The van der Waals surface area contributed by atoms with E-state index in [9.17, 15) is 9.59 Å². The van der Waals surface area contributed by atoms with Crippen LogP contribution in [-0.4, -0.2) is 35.7 Å². The van der Waals surface area contributed by atoms with Gasteiger partial charge in [-0.15, -0.1) is 0 Å². The van der Waals surface area contributed by atoms with Crippen molar-refractivity contribution >= 4 is 40.9 Å². The molecule has 2 amide bonds. The van der Waals surface area contributed by atoms with Crippen molar-refractivity contribution in [3.8, 4) is 0 Å². The van der Waals surface area contributed by atoms with E-state index in [1.54, 1.807) is 0 Å². The van der Waals surface area contributed by atoms with Crippen LogP contribution in [0.5, 0.6) is 0 Å². The van der Waals surface area contributed by atoms with Gasteiger partial charge in [0.25, 0.3) is 5.91 Å². The Hall–Kier alpha value is -4.21. The number of carbonyl (C=O) groups excluding carboxylic acids is 2. The summed E-state index contributed by atoms with van der Waals surface area (Å²) >= 11 is 0. The van der Waals surface area contributed by atoms with Gasteiger partial charge in [0.1, 0.15) is 29.8 Å². The molecular formula is C33H32N2O3P+. The first-order valence-corrected chi connectivity index (χ1v) is 15.0. The summed E-state index contributed by atoms with van der Waals surface area (Å²) in [7, 11) is -2.29. The standard InChI is InChI=1S/C33H31N2O3P/c1-2-24-38-33(37)34-27-20-18-26(19-21-27)25-35-23-22-31(32(35)36)39(28-12-6-3-7-13-28,29-14-8-4-9-15-29)30-16-10-5-11-17-30/h2-21,31H,1,22-25H2/p+1/t31-/m1/s1. The minimum absolute atomic E-state index is 0.148. The summed E-state index contributed by atoms with van der Waals surface area (Å²) in [6.07, 6.45) is 1.79. The Labute approximate surface area is 230 Å². The summed E-state index contributed by atoms with van der Waals surface area (Å²) in [5, 5.41) is 6.37. The van der Waals surface area contributed by atoms with E-state index < -0.39 is 13.4 Å². The van der Waals surface area contributed by atoms with Gasteiger partial charge in [-0.25, -0.2) is 4.79 Å². The molecule has 1 N–H and O–H groups in total. The number of rotatable bonds is 9. The fraction of sp³-hybridized carbons (Fsp3) is 0.152. The summed E-state index contributed by atoms with van der Waals surface area (Å²) < 4.78 is 4.98. The number of nitrogens with zero attached hydrogens (tertiary/aromatic N) is 1. The van der Waals surface area contributed by atoms with E-state index >= 15 is 0 Å². The number of likely N-dealkylation sites (tertiary alicyclic amines) is 1. The summed E-state index contributed by atoms with van der Waals surface area (Å²) in [6, 6.07) is 39.3. The average molecular weight is 536 g/mol. The number of hydrogen-bond acceptors (Lipinski definition) is 3. The molecule has 0 spiro atoms. The molecule has 0 aromatic heterocycles. The third kappa shape index (κ3) is 5.50. The van der Waals surface area contributed by atoms with Gasteiger partial charge >= 0.3 is 6.09 Å². The number of ether oxygens (including phenoxy) is 1. The summed E-state index contributed by atoms with van der Waals surface area (Å²) in [5.74, 6) is 0.190. The zero-order chi connectivity index (χ0) is 27.1. The van der Waals surface area contributed by atoms with E-state index in [1.165, 1.54) is 22.0 Å². The molecule has 0 unspecified atom stereocenters. The van der Waals surface area contributed by atoms with E-state index in [0.29, 0.717) is 18.8 Å². The van der Waals surface area contributed by atoms with Crippen LogP contribution in [0.3, 0.4) is 0 Å². The first kappa shape index (κ1) is 26.4. The minimum Gasteiger partial charge on any atom is -0.445 e. The highest BCUT2D eigenvalue weighted by Gasteiger charge is 2.58. The van der Waals surface area contributed by atoms with E-state index in [-0.39, 0.29) is 18.2 Å². The van der Waals surface area contributed by atoms with Gasteiger partial charge in [-0.1, -0.05) is 79.4 Å². The van der Waals surface area contributed by atoms with Crippen LogP contribution in [0.1, 0.15) is 12.0 Å². The van der Waals surface area contributed by atoms with Crippen LogP contribution in [0.15, 0.2) is 128 Å². The van der Waals surface area contributed by atoms with Crippen molar-refractivity contribution in [3.63, 3.8) is 0 Å². The smallest absolute Gasteiger partial charge is 0.411 e. The zero-order valence-electron chi connectivity index (χ0n) is 21.8. The lowest BCUT2D eigenvalue weighted by Crippen LogP contribution is -2.42. The third-order valence-electron chi connectivity index (χ3n) is 7.13. The van der Waals surface area contributed by atoms with Crippen molar-refractivity contribution in [2.24, 2.45) is 0 Å². The molecule has 0 saturated carbocycles. The zero-order valence-corrected chi connectivity index (χ0v) is 22.7. The summed E-state index contributed by atoms with van der Waals surface area (Å²) in [4.78, 5) is 28.1. The number of benzene rings is 4. The Balaban J connectivity index is 1.45. The van der Waals surface area contributed by atoms with Crippen LogP contribution in [0, 0.1) is 0 Å². The maximum Gasteiger partial charge on any atom is 0.411 e. The van der Waals surface area contributed by atoms with Crippen molar-refractivity contribution in [1.29, 1.82) is 0 Å². The molecule has 1 fully saturated rings. The molecule has 5 rings (SSSR count). The molecule has 1 aliphatic rings. The predicted octanol–water partition coefficient (Wildman–Crippen LogP) is 5.52. The van der Waals surface area contributed by atoms with Crippen molar-refractivity contribution in [3.05, 3.63) is 133 Å². The number of nitrogens with one attached hydrogen (secondary N) is 1. The Morgan fingerprint density at radius 3 is 1.85 bits per heavy atom. The molecule has 0 aliphatic carbocycles. The quantitative estimate of drug-likeness (QED) is 0.227. The fourth-order valence-electron chi connectivity index (χ4n) is 5.42. The van der Waals surface area contributed by atoms with Crippen molar-refractivity contribution in [2.45, 2.75) is 18.6 Å². The Morgan fingerprint density at radius 1 is 0.846 bits per heavy atom. The second-order valence-corrected chi connectivity index (χ2v) is 13.1. The Bertz CT molecular complexity index is 1310. The lowest BCUT2D eigenvalue weighted by Gasteiger charge is -2.32. The second-order valence-electron chi connectivity index (χ2n) is 9.50. The first-order chi connectivity index (χ1) is 19.1. The van der Waals surface area contributed by atoms with Gasteiger partial charge < -0.3 is 9.64 Å². The maximum absolute atomic E-state index is 14.3. The van der Waals surface area contributed by atoms with E-state index in [0.717, 1.165) is 12.0 Å². The molecule has 1 aliphatic heterocycles. The molecule has 1 heterocycles. The lowest BCUT2D eigenvalue weighted by atomic mass is 10.2. The van der Waals surface area contributed by atoms with Crippen molar-refractivity contribution in [2.75, 3.05) is 18.5 Å². The highest BCUT2D eigenvalue weighted by molar-refractivity contribution is 7.96. The van der Waals surface area contributed by atoms with Gasteiger partial charge in [0.2, 0.25) is 0 Å². The van der Waals surface area contributed by atoms with Gasteiger partial charge in [0, 0.05) is 25.2 Å². The monoisotopic (exact) mass is 535 g/mol. The maximum atomic E-state index is 14.3. The predicted molar refractivity (Wildman–Crippen MR) is 161 cm³/mol. The highest BCUT2D eigenvalue weighted by Crippen LogP contribution is 2.62. The van der Waals surface area contributed by atoms with E-state index in [2.05, 4.69) is 84.7 Å². The SMILES string of the molecule is C=CCOC(=O)Nc1ccc(CN2CC[C@@H]([P+](c3ccccc3)(c3ccccc3)c3ccccc3)C2=O)cc1. The van der Waals surface area contributed by atoms with Crippen LogP contribution < -0.4 is 21.2 Å². The van der Waals surface area contributed by atoms with E-state index in [1.807, 2.05) is 47.4 Å². The van der Waals surface area contributed by atoms with Crippen molar-refractivity contribution < 1.29 is 14.3 Å². The minimum atomic E-state index is -2.29. The molecule has 196 valence electrons. The fourth-order valence-corrected chi connectivity index (χ4v) is 10.3. The lowest BCUT2D eigenvalue weighted by molar-refractivity contribution is -0.127. The molecule has 6 heteroatoms. The van der Waals surface area contributed by atoms with Crippen LogP contribution >= 0.6 is 7.26 Å². The molecule has 4 aromatic rings. The van der Waals surface area contributed by atoms with Gasteiger partial charge in [-0.05, 0) is 54.1 Å². The van der Waals surface area contributed by atoms with Crippen LogP contribution in [0.2, 0.25) is 0 Å². The second kappa shape index (κ2) is 12.1. The van der Waals surface area contributed by atoms with Gasteiger partial charge in [0.15, 0.2) is 5.66 Å². The molecule has 39 heavy (non-hydrogen) atoms. The van der Waals surface area contributed by atoms with Crippen LogP contribution in [0.25, 0.3) is 0 Å². The number of hydrogen-bond donors (Lipinski definition) is 1. The van der Waals surface area contributed by atoms with Gasteiger partial charge in [-0.2, -0.15) is 0 Å². The Kier molecular flexibility index (Phi) is 8.19. The summed E-state index contributed by atoms with van der Waals surface area (Å²) in [5.41, 5.74) is 1.50. The molecule has 1 saturated heterocycles. The molecule has 0 bridgehead atoms. The van der Waals surface area contributed by atoms with Crippen LogP contribution in [0.4, 0.5) is 10.5 Å².